The number of hydrogen-bond donors (Lipinski definition) is 16. The van der Waals surface area contributed by atoms with Crippen LogP contribution in [0.5, 0.6) is 0 Å². The van der Waals surface area contributed by atoms with Crippen molar-refractivity contribution in [1.29, 1.82) is 21.6 Å². The number of carboxylic acid groups (broad SMARTS) is 4. The van der Waals surface area contributed by atoms with E-state index < -0.39 is 95.8 Å². The van der Waals surface area contributed by atoms with E-state index in [1.54, 1.807) is 13.8 Å². The Balaban J connectivity index is -0.000000349. The lowest BCUT2D eigenvalue weighted by Crippen LogP contribution is -2.39. The van der Waals surface area contributed by atoms with Crippen molar-refractivity contribution >= 4 is 89.2 Å². The molecule has 0 aliphatic carbocycles. The van der Waals surface area contributed by atoms with Gasteiger partial charge >= 0.3 is 23.9 Å². The molecular weight excluding hydrogens is 881 g/mol. The van der Waals surface area contributed by atoms with Gasteiger partial charge < -0.3 is 73.7 Å². The minimum atomic E-state index is -3.49. The van der Waals surface area contributed by atoms with E-state index in [1.165, 1.54) is 13.8 Å². The molecule has 0 saturated heterocycles. The van der Waals surface area contributed by atoms with Crippen molar-refractivity contribution in [3.8, 4) is 0 Å². The molecule has 0 aromatic rings. The number of nitrogens with one attached hydrogen (secondary N) is 8. The largest absolute Gasteiger partial charge is 0.616 e. The molecule has 6 atom stereocenters. The van der Waals surface area contributed by atoms with Crippen LogP contribution >= 0.6 is 0 Å². The highest BCUT2D eigenvalue weighted by Crippen LogP contribution is 1.99. The summed E-state index contributed by atoms with van der Waals surface area (Å²) in [6.07, 6.45) is 0.118. The molecule has 352 valence electrons. The Morgan fingerprint density at radius 2 is 0.850 bits per heavy atom. The number of aliphatic carboxylic acids is 4. The molecule has 0 spiro atoms. The summed E-state index contributed by atoms with van der Waals surface area (Å²) in [5.74, 6) is -4.03. The zero-order valence-corrected chi connectivity index (χ0v) is 37.3. The lowest BCUT2D eigenvalue weighted by atomic mass is 10.2. The van der Waals surface area contributed by atoms with Gasteiger partial charge in [-0.05, 0) is 45.3 Å². The summed E-state index contributed by atoms with van der Waals surface area (Å²) in [5, 5.41) is 72.4. The molecule has 0 aliphatic rings. The monoisotopic (exact) mass is 944 g/mol. The van der Waals surface area contributed by atoms with Crippen LogP contribution in [0.15, 0.2) is 0 Å². The number of sulfone groups is 2. The van der Waals surface area contributed by atoms with E-state index in [0.717, 1.165) is 0 Å². The lowest BCUT2D eigenvalue weighted by Gasteiger charge is -2.13. The molecule has 0 aromatic carbocycles. The summed E-state index contributed by atoms with van der Waals surface area (Å²) in [6.45, 7) is 7.26. The fraction of sp³-hybridized carbons (Fsp3) is 0.733. The van der Waals surface area contributed by atoms with Crippen LogP contribution in [0.1, 0.15) is 40.5 Å². The maximum atomic E-state index is 11.4. The van der Waals surface area contributed by atoms with Crippen molar-refractivity contribution < 1.29 is 65.5 Å². The highest BCUT2D eigenvalue weighted by Gasteiger charge is 2.22. The molecule has 0 fully saturated rings. The molecule has 0 saturated carbocycles. The van der Waals surface area contributed by atoms with Gasteiger partial charge in [-0.1, -0.05) is 11.2 Å². The van der Waals surface area contributed by atoms with Crippen LogP contribution in [-0.4, -0.2) is 190 Å². The van der Waals surface area contributed by atoms with Crippen molar-refractivity contribution in [1.82, 2.24) is 21.3 Å². The van der Waals surface area contributed by atoms with Crippen molar-refractivity contribution in [2.24, 2.45) is 22.9 Å². The SMILES string of the molecule is CC(=N)NCCS(=O)(=O)CC(N)C(=O)O.CC(=N)NCCS(=O)(=O)CCC(N)C(=O)O.CC(=N)NCC[S+]([O-])CC(N)C(=O)O.CC(=N)NCC[S+]([O-])CCC(N)C(=O)O. The van der Waals surface area contributed by atoms with Crippen molar-refractivity contribution in [3.05, 3.63) is 0 Å². The second kappa shape index (κ2) is 34.8. The van der Waals surface area contributed by atoms with Crippen LogP contribution in [0.2, 0.25) is 0 Å². The molecule has 0 bridgehead atoms. The third-order valence-electron chi connectivity index (χ3n) is 6.51. The summed E-state index contributed by atoms with van der Waals surface area (Å²) in [4.78, 5) is 41.3. The Kier molecular flexibility index (Phi) is 36.4. The molecule has 0 radical (unpaired) electrons. The number of rotatable bonds is 26. The molecule has 60 heavy (non-hydrogen) atoms. The van der Waals surface area contributed by atoms with E-state index in [1.807, 2.05) is 0 Å². The number of hydrogen-bond acceptors (Lipinski definition) is 18. The second-order valence-electron chi connectivity index (χ2n) is 12.5. The lowest BCUT2D eigenvalue weighted by molar-refractivity contribution is -0.139. The first-order chi connectivity index (χ1) is 27.3. The Labute approximate surface area is 356 Å². The second-order valence-corrected chi connectivity index (χ2v) is 20.3. The summed E-state index contributed by atoms with van der Waals surface area (Å²) >= 11 is -2.33. The van der Waals surface area contributed by atoms with Gasteiger partial charge in [-0.25, -0.2) is 16.8 Å². The highest BCUT2D eigenvalue weighted by atomic mass is 32.2. The average Bonchev–Trinajstić information content (AvgIpc) is 3.09. The van der Waals surface area contributed by atoms with Crippen LogP contribution in [0.4, 0.5) is 0 Å². The minimum absolute atomic E-state index is 0.0476. The molecular formula is C30H64N12O14S4. The van der Waals surface area contributed by atoms with Crippen LogP contribution < -0.4 is 44.2 Å². The summed E-state index contributed by atoms with van der Waals surface area (Å²) in [5.41, 5.74) is 20.7. The molecule has 0 heterocycles. The zero-order valence-electron chi connectivity index (χ0n) is 34.0. The van der Waals surface area contributed by atoms with Gasteiger partial charge in [0.15, 0.2) is 19.7 Å². The van der Waals surface area contributed by atoms with Gasteiger partial charge in [0.05, 0.1) is 59.4 Å². The first-order valence-corrected chi connectivity index (χ1v) is 24.2. The van der Waals surface area contributed by atoms with Crippen LogP contribution in [0.3, 0.4) is 0 Å². The molecule has 30 heteroatoms. The van der Waals surface area contributed by atoms with Gasteiger partial charge in [0.2, 0.25) is 0 Å². The van der Waals surface area contributed by atoms with Crippen molar-refractivity contribution in [2.75, 3.05) is 72.2 Å². The van der Waals surface area contributed by atoms with Crippen molar-refractivity contribution in [2.45, 2.75) is 64.7 Å². The predicted octanol–water partition coefficient (Wildman–Crippen LogP) is -4.95. The van der Waals surface area contributed by atoms with E-state index in [4.69, 9.17) is 65.0 Å². The van der Waals surface area contributed by atoms with E-state index in [2.05, 4.69) is 21.3 Å². The third kappa shape index (κ3) is 45.2. The number of carboxylic acids is 4. The standard InChI is InChI=1S/C8H17N3O4S.C8H17N3O3S.C7H15N3O4S.C7H15N3O3S/c1-6(9)11-3-5-16(14,15)4-2-7(10)8(12)13;1-6(9)11-3-5-15(14)4-2-7(10)8(12)13;1-5(8)10-2-3-15(13,14)4-6(9)7(11)12;1-5(8)10-2-3-14(13)4-6(9)7(11)12/h7H,2-5,10H2,1H3,(H2,9,11)(H,12,13);7H,2-5,10H2,1H3,(H2,9,11)(H,12,13);6H,2-4,9H2,1H3,(H2,8,10)(H,11,12);6H,2-4,9H2,1H3,(H2,8,10)(H,11,12). The van der Waals surface area contributed by atoms with E-state index in [0.29, 0.717) is 36.3 Å². The Morgan fingerprint density at radius 1 is 0.517 bits per heavy atom. The molecule has 26 nitrogen and oxygen atoms in total. The fourth-order valence-corrected chi connectivity index (χ4v) is 7.88. The van der Waals surface area contributed by atoms with Gasteiger partial charge in [0.25, 0.3) is 0 Å². The summed E-state index contributed by atoms with van der Waals surface area (Å²) in [7, 11) is -6.79. The smallest absolute Gasteiger partial charge is 0.325 e. The van der Waals surface area contributed by atoms with Crippen LogP contribution in [-0.2, 0) is 61.2 Å². The third-order valence-corrected chi connectivity index (χ3v) is 12.6. The van der Waals surface area contributed by atoms with Crippen LogP contribution in [0, 0.1) is 21.6 Å². The normalized spacial score (nSPS) is 13.8. The van der Waals surface area contributed by atoms with Gasteiger partial charge in [-0.3, -0.25) is 40.8 Å². The molecule has 0 amide bonds. The molecule has 0 aromatic heterocycles. The summed E-state index contributed by atoms with van der Waals surface area (Å²) < 4.78 is 67.8. The number of carbonyl (C=O) groups is 4. The first kappa shape index (κ1) is 62.8. The van der Waals surface area contributed by atoms with Gasteiger partial charge in [0.1, 0.15) is 47.2 Å². The number of nitrogens with two attached hydrogens (primary N) is 4. The molecule has 6 unspecified atom stereocenters. The number of amidine groups is 4. The Morgan fingerprint density at radius 3 is 1.22 bits per heavy atom. The fourth-order valence-electron chi connectivity index (χ4n) is 3.29. The Hall–Kier alpha value is -3.88. The van der Waals surface area contributed by atoms with Crippen LogP contribution in [0.25, 0.3) is 0 Å². The summed E-state index contributed by atoms with van der Waals surface area (Å²) in [6, 6.07) is -4.55. The van der Waals surface area contributed by atoms with E-state index in [9.17, 15) is 45.1 Å². The Bertz CT molecular complexity index is 1580. The minimum Gasteiger partial charge on any atom is -0.616 e. The first-order valence-electron chi connectivity index (χ1n) is 17.6. The highest BCUT2D eigenvalue weighted by molar-refractivity contribution is 7.92. The van der Waals surface area contributed by atoms with Gasteiger partial charge in [-0.15, -0.1) is 0 Å². The average molecular weight is 945 g/mol. The van der Waals surface area contributed by atoms with Gasteiger partial charge in [0, 0.05) is 19.5 Å². The molecule has 0 rings (SSSR count). The zero-order chi connectivity index (χ0) is 47.8. The topological polar surface area (TPSA) is 511 Å². The van der Waals surface area contributed by atoms with Crippen molar-refractivity contribution in [3.63, 3.8) is 0 Å². The van der Waals surface area contributed by atoms with E-state index in [-0.39, 0.29) is 66.4 Å². The maximum absolute atomic E-state index is 11.4. The quantitative estimate of drug-likeness (QED) is 0.0219. The predicted molar refractivity (Wildman–Crippen MR) is 230 cm³/mol. The van der Waals surface area contributed by atoms with Gasteiger partial charge in [-0.2, -0.15) is 0 Å². The van der Waals surface area contributed by atoms with E-state index >= 15 is 0 Å². The maximum Gasteiger partial charge on any atom is 0.325 e. The molecule has 0 aliphatic heterocycles. The molecule has 20 N–H and O–H groups in total.